The zero-order chi connectivity index (χ0) is 20.9. The Morgan fingerprint density at radius 3 is 2.64 bits per heavy atom. The Hall–Kier alpha value is -2.22. The Morgan fingerprint density at radius 1 is 1.39 bits per heavy atom. The number of nitrogens with zero attached hydrogens (tertiary/aromatic N) is 4. The summed E-state index contributed by atoms with van der Waals surface area (Å²) >= 11 is 6.06. The van der Waals surface area contributed by atoms with Crippen LogP contribution in [0.15, 0.2) is 17.3 Å². The zero-order valence-electron chi connectivity index (χ0n) is 17.4. The van der Waals surface area contributed by atoms with Crippen LogP contribution in [0, 0.1) is 0 Å². The number of halogens is 1. The number of aryl methyl sites for hydroxylation is 1. The molecule has 0 aliphatic carbocycles. The minimum atomic E-state index is -0.786. The monoisotopic (exact) mass is 410 g/mol. The number of aliphatic imine (C=N–C) groups is 1. The first kappa shape index (κ1) is 22.1. The minimum Gasteiger partial charge on any atom is -0.357 e. The fourth-order valence-corrected chi connectivity index (χ4v) is 3.39. The molecule has 28 heavy (non-hydrogen) atoms. The van der Waals surface area contributed by atoms with Crippen molar-refractivity contribution >= 4 is 29.5 Å². The van der Waals surface area contributed by atoms with Crippen molar-refractivity contribution in [3.8, 4) is 0 Å². The van der Waals surface area contributed by atoms with Crippen molar-refractivity contribution in [3.05, 3.63) is 23.0 Å². The Labute approximate surface area is 171 Å². The molecule has 1 fully saturated rings. The van der Waals surface area contributed by atoms with E-state index < -0.39 is 5.54 Å². The van der Waals surface area contributed by atoms with E-state index in [1.165, 1.54) is 4.90 Å². The van der Waals surface area contributed by atoms with Crippen molar-refractivity contribution in [1.29, 1.82) is 0 Å². The second-order valence-corrected chi connectivity index (χ2v) is 7.71. The van der Waals surface area contributed by atoms with E-state index in [0.717, 1.165) is 18.2 Å². The fraction of sp³-hybridized carbons (Fsp3) is 0.632. The number of nitrogens with one attached hydrogen (secondary N) is 2. The number of aromatic nitrogens is 1. The van der Waals surface area contributed by atoms with Gasteiger partial charge in [-0.25, -0.2) is 4.79 Å². The van der Waals surface area contributed by atoms with E-state index in [0.29, 0.717) is 37.5 Å². The number of rotatable bonds is 8. The van der Waals surface area contributed by atoms with Gasteiger partial charge in [0.1, 0.15) is 5.54 Å². The molecule has 0 aromatic carbocycles. The van der Waals surface area contributed by atoms with Crippen LogP contribution in [0.25, 0.3) is 0 Å². The van der Waals surface area contributed by atoms with Crippen molar-refractivity contribution in [2.45, 2.75) is 45.7 Å². The molecule has 2 N–H and O–H groups in total. The van der Waals surface area contributed by atoms with Crippen LogP contribution in [0.4, 0.5) is 4.79 Å². The molecule has 1 atom stereocenters. The summed E-state index contributed by atoms with van der Waals surface area (Å²) in [6.07, 6.45) is 3.05. The van der Waals surface area contributed by atoms with Gasteiger partial charge in [0.15, 0.2) is 5.96 Å². The smallest absolute Gasteiger partial charge is 0.325 e. The van der Waals surface area contributed by atoms with E-state index in [9.17, 15) is 9.59 Å². The number of hydrogen-bond donors (Lipinski definition) is 2. The molecule has 3 amide bonds. The molecule has 1 unspecified atom stereocenters. The molecular formula is C19H31ClN6O2. The fourth-order valence-electron chi connectivity index (χ4n) is 3.11. The van der Waals surface area contributed by atoms with Crippen molar-refractivity contribution in [1.82, 2.24) is 25.0 Å². The molecule has 1 aromatic rings. The third kappa shape index (κ3) is 4.98. The molecule has 1 aliphatic heterocycles. The third-order valence-electron chi connectivity index (χ3n) is 5.02. The molecule has 9 heteroatoms. The van der Waals surface area contributed by atoms with Gasteiger partial charge in [-0.3, -0.25) is 14.7 Å². The summed E-state index contributed by atoms with van der Waals surface area (Å²) in [4.78, 5) is 32.4. The first-order valence-electron chi connectivity index (χ1n) is 9.66. The van der Waals surface area contributed by atoms with Crippen LogP contribution in [0.2, 0.25) is 5.02 Å². The lowest BCUT2D eigenvalue weighted by molar-refractivity contribution is -0.130. The van der Waals surface area contributed by atoms with E-state index in [-0.39, 0.29) is 11.9 Å². The van der Waals surface area contributed by atoms with Crippen molar-refractivity contribution in [3.63, 3.8) is 0 Å². The first-order chi connectivity index (χ1) is 13.2. The lowest BCUT2D eigenvalue weighted by Gasteiger charge is -2.22. The van der Waals surface area contributed by atoms with Gasteiger partial charge in [0.05, 0.1) is 11.6 Å². The van der Waals surface area contributed by atoms with Crippen LogP contribution in [-0.2, 0) is 18.4 Å². The third-order valence-corrected chi connectivity index (χ3v) is 5.23. The molecule has 0 saturated carbocycles. The Balaban J connectivity index is 1.93. The molecule has 1 aliphatic rings. The van der Waals surface area contributed by atoms with Crippen molar-refractivity contribution < 1.29 is 9.59 Å². The molecule has 1 saturated heterocycles. The topological polar surface area (TPSA) is 82.0 Å². The number of carbonyl (C=O) groups is 2. The number of hydrogen-bond acceptors (Lipinski definition) is 3. The highest BCUT2D eigenvalue weighted by atomic mass is 35.5. The van der Waals surface area contributed by atoms with Crippen LogP contribution < -0.4 is 10.6 Å². The maximum atomic E-state index is 12.4. The summed E-state index contributed by atoms with van der Waals surface area (Å²) in [5.74, 6) is 0.615. The number of carbonyl (C=O) groups excluding carboxylic acids is 2. The quantitative estimate of drug-likeness (QED) is 0.298. The molecule has 2 heterocycles. The van der Waals surface area contributed by atoms with Crippen LogP contribution in [0.1, 0.15) is 39.3 Å². The summed E-state index contributed by atoms with van der Waals surface area (Å²) < 4.78 is 1.99. The molecule has 0 radical (unpaired) electrons. The summed E-state index contributed by atoms with van der Waals surface area (Å²) in [6.45, 7) is 7.96. The predicted octanol–water partition coefficient (Wildman–Crippen LogP) is 2.19. The highest BCUT2D eigenvalue weighted by Gasteiger charge is 2.45. The van der Waals surface area contributed by atoms with E-state index in [1.807, 2.05) is 49.7 Å². The van der Waals surface area contributed by atoms with Crippen molar-refractivity contribution in [2.75, 3.05) is 26.7 Å². The Bertz CT molecular complexity index is 747. The lowest BCUT2D eigenvalue weighted by atomic mass is 9.99. The van der Waals surface area contributed by atoms with Crippen molar-refractivity contribution in [2.24, 2.45) is 12.0 Å². The van der Waals surface area contributed by atoms with E-state index in [4.69, 9.17) is 11.6 Å². The molecule has 8 nitrogen and oxygen atoms in total. The van der Waals surface area contributed by atoms with Gasteiger partial charge >= 0.3 is 6.03 Å². The van der Waals surface area contributed by atoms with Crippen LogP contribution >= 0.6 is 11.6 Å². The van der Waals surface area contributed by atoms with Gasteiger partial charge in [-0.05, 0) is 32.8 Å². The van der Waals surface area contributed by atoms with Gasteiger partial charge in [-0.15, -0.1) is 0 Å². The zero-order valence-corrected chi connectivity index (χ0v) is 18.1. The number of imide groups is 1. The maximum Gasteiger partial charge on any atom is 0.325 e. The van der Waals surface area contributed by atoms with E-state index in [2.05, 4.69) is 15.6 Å². The Kier molecular flexibility index (Phi) is 7.35. The predicted molar refractivity (Wildman–Crippen MR) is 111 cm³/mol. The highest BCUT2D eigenvalue weighted by Crippen LogP contribution is 2.20. The Morgan fingerprint density at radius 2 is 2.11 bits per heavy atom. The standard InChI is InChI=1S/C19H31ClN6O2/c1-6-19(3)16(27)26(18(28)23-19)10-8-9-22-17(21-7-2)25(5)13-15-11-14(20)12-24(15)4/h11-12H,6-10,13H2,1-5H3,(H,21,22)(H,23,28). The largest absolute Gasteiger partial charge is 0.357 e. The van der Waals surface area contributed by atoms with Crippen LogP contribution in [-0.4, -0.2) is 64.5 Å². The molecule has 2 rings (SSSR count). The van der Waals surface area contributed by atoms with Gasteiger partial charge in [0.25, 0.3) is 5.91 Å². The molecular weight excluding hydrogens is 380 g/mol. The van der Waals surface area contributed by atoms with Gasteiger partial charge < -0.3 is 20.1 Å². The molecule has 156 valence electrons. The molecule has 0 bridgehead atoms. The van der Waals surface area contributed by atoms with Gasteiger partial charge in [-0.1, -0.05) is 18.5 Å². The normalized spacial score (nSPS) is 19.9. The summed E-state index contributed by atoms with van der Waals surface area (Å²) in [5.41, 5.74) is 0.294. The first-order valence-corrected chi connectivity index (χ1v) is 10.0. The second-order valence-electron chi connectivity index (χ2n) is 7.28. The van der Waals surface area contributed by atoms with E-state index in [1.54, 1.807) is 6.92 Å². The summed E-state index contributed by atoms with van der Waals surface area (Å²) in [6, 6.07) is 1.62. The second kappa shape index (κ2) is 9.32. The number of guanidine groups is 1. The maximum absolute atomic E-state index is 12.4. The minimum absolute atomic E-state index is 0.159. The molecule has 1 aromatic heterocycles. The highest BCUT2D eigenvalue weighted by molar-refractivity contribution is 6.30. The SMILES string of the molecule is CCNC(=NCCCN1C(=O)NC(C)(CC)C1=O)N(C)Cc1cc(Cl)cn1C. The van der Waals surface area contributed by atoms with Crippen LogP contribution in [0.3, 0.4) is 0 Å². The summed E-state index contributed by atoms with van der Waals surface area (Å²) in [5, 5.41) is 6.75. The van der Waals surface area contributed by atoms with Gasteiger partial charge in [0.2, 0.25) is 0 Å². The average Bonchev–Trinajstić information content (AvgIpc) is 3.07. The average molecular weight is 411 g/mol. The summed E-state index contributed by atoms with van der Waals surface area (Å²) in [7, 11) is 3.92. The van der Waals surface area contributed by atoms with Crippen LogP contribution in [0.5, 0.6) is 0 Å². The van der Waals surface area contributed by atoms with E-state index >= 15 is 0 Å². The van der Waals surface area contributed by atoms with Gasteiger partial charge in [0, 0.05) is 45.6 Å². The number of amides is 3. The lowest BCUT2D eigenvalue weighted by Crippen LogP contribution is -2.43. The number of urea groups is 1. The molecule has 0 spiro atoms. The van der Waals surface area contributed by atoms with Gasteiger partial charge in [-0.2, -0.15) is 0 Å².